The molecular weight excluding hydrogens is 370 g/mol. The van der Waals surface area contributed by atoms with E-state index in [1.54, 1.807) is 12.6 Å². The molecule has 0 aliphatic carbocycles. The summed E-state index contributed by atoms with van der Waals surface area (Å²) in [6, 6.07) is 8.86. The normalized spacial score (nSPS) is 12.7. The van der Waals surface area contributed by atoms with Crippen molar-refractivity contribution < 1.29 is 4.79 Å². The van der Waals surface area contributed by atoms with Crippen molar-refractivity contribution in [1.82, 2.24) is 20.9 Å². The van der Waals surface area contributed by atoms with Crippen molar-refractivity contribution in [2.75, 3.05) is 20.1 Å². The average Bonchev–Trinajstić information content (AvgIpc) is 3.10. The van der Waals surface area contributed by atoms with E-state index in [0.717, 1.165) is 12.1 Å². The minimum absolute atomic E-state index is 0.0837. The van der Waals surface area contributed by atoms with Crippen molar-refractivity contribution in [2.24, 2.45) is 10.9 Å². The van der Waals surface area contributed by atoms with Crippen LogP contribution in [0, 0.1) is 12.8 Å². The molecule has 1 aromatic heterocycles. The third-order valence-electron chi connectivity index (χ3n) is 4.36. The summed E-state index contributed by atoms with van der Waals surface area (Å²) in [4.78, 5) is 21.1. The Morgan fingerprint density at radius 1 is 1.14 bits per heavy atom. The van der Waals surface area contributed by atoms with Crippen LogP contribution in [0.1, 0.15) is 53.3 Å². The topological polar surface area (TPSA) is 78.4 Å². The summed E-state index contributed by atoms with van der Waals surface area (Å²) >= 11 is 1.36. The molecule has 1 atom stereocenters. The third kappa shape index (κ3) is 6.64. The molecule has 152 valence electrons. The number of nitrogens with one attached hydrogen (secondary N) is 3. The molecular formula is C21H31N5OS. The van der Waals surface area contributed by atoms with Gasteiger partial charge in [0.25, 0.3) is 5.91 Å². The molecule has 2 rings (SSSR count). The van der Waals surface area contributed by atoms with Gasteiger partial charge in [0.1, 0.15) is 4.88 Å². The highest BCUT2D eigenvalue weighted by atomic mass is 32.1. The van der Waals surface area contributed by atoms with E-state index in [2.05, 4.69) is 71.0 Å². The van der Waals surface area contributed by atoms with Crippen LogP contribution in [0.25, 0.3) is 0 Å². The maximum absolute atomic E-state index is 12.1. The Labute approximate surface area is 171 Å². The van der Waals surface area contributed by atoms with E-state index in [1.165, 1.54) is 22.5 Å². The summed E-state index contributed by atoms with van der Waals surface area (Å²) in [6.45, 7) is 9.51. The number of guanidine groups is 1. The number of carbonyl (C=O) groups is 1. The highest BCUT2D eigenvalue weighted by molar-refractivity contribution is 7.11. The minimum Gasteiger partial charge on any atom is -0.355 e. The van der Waals surface area contributed by atoms with Gasteiger partial charge in [-0.25, -0.2) is 4.98 Å². The number of hydrogen-bond acceptors (Lipinski definition) is 4. The number of carbonyl (C=O) groups excluding carboxylic acids is 1. The van der Waals surface area contributed by atoms with Crippen molar-refractivity contribution in [3.8, 4) is 0 Å². The van der Waals surface area contributed by atoms with E-state index in [-0.39, 0.29) is 11.9 Å². The molecule has 28 heavy (non-hydrogen) atoms. The second kappa shape index (κ2) is 10.8. The lowest BCUT2D eigenvalue weighted by Gasteiger charge is -2.19. The molecule has 6 nitrogen and oxygen atoms in total. The van der Waals surface area contributed by atoms with Crippen LogP contribution < -0.4 is 16.0 Å². The Morgan fingerprint density at radius 2 is 1.82 bits per heavy atom. The molecule has 1 aromatic carbocycles. The highest BCUT2D eigenvalue weighted by Gasteiger charge is 2.11. The van der Waals surface area contributed by atoms with Gasteiger partial charge in [0.15, 0.2) is 5.96 Å². The smallest absolute Gasteiger partial charge is 0.263 e. The van der Waals surface area contributed by atoms with E-state index < -0.39 is 0 Å². The summed E-state index contributed by atoms with van der Waals surface area (Å²) in [6.07, 6.45) is 1.10. The molecule has 0 aliphatic rings. The predicted molar refractivity (Wildman–Crippen MR) is 117 cm³/mol. The molecule has 0 bridgehead atoms. The quantitative estimate of drug-likeness (QED) is 0.360. The van der Waals surface area contributed by atoms with Crippen molar-refractivity contribution >= 4 is 23.2 Å². The van der Waals surface area contributed by atoms with Gasteiger partial charge in [-0.3, -0.25) is 9.79 Å². The summed E-state index contributed by atoms with van der Waals surface area (Å²) in [7, 11) is 1.74. The summed E-state index contributed by atoms with van der Waals surface area (Å²) in [5.74, 6) is 1.28. The molecule has 2 aromatic rings. The maximum atomic E-state index is 12.1. The first-order chi connectivity index (χ1) is 13.4. The zero-order valence-corrected chi connectivity index (χ0v) is 18.2. The average molecular weight is 402 g/mol. The fourth-order valence-electron chi connectivity index (χ4n) is 2.85. The van der Waals surface area contributed by atoms with E-state index in [1.807, 2.05) is 6.92 Å². The van der Waals surface area contributed by atoms with E-state index >= 15 is 0 Å². The summed E-state index contributed by atoms with van der Waals surface area (Å²) in [5.41, 5.74) is 5.02. The molecule has 0 saturated heterocycles. The standard InChI is InChI=1S/C21H31N5OS/c1-14(2)12-17-6-8-18(9-7-17)15(3)26-21(22-5)24-11-10-23-20(27)19-16(4)25-13-28-19/h6-9,13-15H,10-12H2,1-5H3,(H,23,27)(H2,22,24,26). The Hall–Kier alpha value is -2.41. The fourth-order valence-corrected chi connectivity index (χ4v) is 3.57. The molecule has 7 heteroatoms. The molecule has 0 aliphatic heterocycles. The lowest BCUT2D eigenvalue weighted by molar-refractivity contribution is 0.0957. The van der Waals surface area contributed by atoms with Gasteiger partial charge >= 0.3 is 0 Å². The number of thiazole rings is 1. The van der Waals surface area contributed by atoms with Crippen molar-refractivity contribution in [2.45, 2.75) is 40.2 Å². The van der Waals surface area contributed by atoms with Crippen molar-refractivity contribution in [1.29, 1.82) is 0 Å². The molecule has 1 amide bonds. The van der Waals surface area contributed by atoms with Crippen LogP contribution in [0.4, 0.5) is 0 Å². The highest BCUT2D eigenvalue weighted by Crippen LogP contribution is 2.15. The van der Waals surface area contributed by atoms with Crippen LogP contribution in [0.5, 0.6) is 0 Å². The van der Waals surface area contributed by atoms with Gasteiger partial charge in [-0.15, -0.1) is 11.3 Å². The molecule has 1 unspecified atom stereocenters. The van der Waals surface area contributed by atoms with Gasteiger partial charge in [0, 0.05) is 20.1 Å². The number of aliphatic imine (C=N–C) groups is 1. The monoisotopic (exact) mass is 401 g/mol. The van der Waals surface area contributed by atoms with Gasteiger partial charge in [0.2, 0.25) is 0 Å². The zero-order valence-electron chi connectivity index (χ0n) is 17.4. The molecule has 0 spiro atoms. The third-order valence-corrected chi connectivity index (χ3v) is 5.28. The second-order valence-electron chi connectivity index (χ2n) is 7.23. The molecule has 0 saturated carbocycles. The molecule has 0 fully saturated rings. The van der Waals surface area contributed by atoms with E-state index in [4.69, 9.17) is 0 Å². The van der Waals surface area contributed by atoms with Gasteiger partial charge in [-0.05, 0) is 37.3 Å². The lowest BCUT2D eigenvalue weighted by Crippen LogP contribution is -2.42. The molecule has 3 N–H and O–H groups in total. The zero-order chi connectivity index (χ0) is 20.5. The number of aryl methyl sites for hydroxylation is 1. The van der Waals surface area contributed by atoms with Crippen molar-refractivity contribution in [3.63, 3.8) is 0 Å². The van der Waals surface area contributed by atoms with Crippen LogP contribution >= 0.6 is 11.3 Å². The van der Waals surface area contributed by atoms with E-state index in [9.17, 15) is 4.79 Å². The number of amides is 1. The first-order valence-corrected chi connectivity index (χ1v) is 10.5. The Kier molecular flexibility index (Phi) is 8.44. The SMILES string of the molecule is CN=C(NCCNC(=O)c1scnc1C)NC(C)c1ccc(CC(C)C)cc1. The van der Waals surface area contributed by atoms with Crippen LogP contribution in [0.15, 0.2) is 34.8 Å². The second-order valence-corrected chi connectivity index (χ2v) is 8.08. The Morgan fingerprint density at radius 3 is 2.39 bits per heavy atom. The molecule has 1 heterocycles. The number of hydrogen-bond donors (Lipinski definition) is 3. The first kappa shape index (κ1) is 21.9. The summed E-state index contributed by atoms with van der Waals surface area (Å²) in [5, 5.41) is 9.52. The van der Waals surface area contributed by atoms with Gasteiger partial charge < -0.3 is 16.0 Å². The van der Waals surface area contributed by atoms with Gasteiger partial charge in [-0.1, -0.05) is 38.1 Å². The van der Waals surface area contributed by atoms with Crippen LogP contribution in [-0.4, -0.2) is 37.0 Å². The number of aromatic nitrogens is 1. The largest absolute Gasteiger partial charge is 0.355 e. The van der Waals surface area contributed by atoms with Gasteiger partial charge in [-0.2, -0.15) is 0 Å². The first-order valence-electron chi connectivity index (χ1n) is 9.65. The lowest BCUT2D eigenvalue weighted by atomic mass is 10.00. The van der Waals surface area contributed by atoms with Gasteiger partial charge in [0.05, 0.1) is 17.2 Å². The van der Waals surface area contributed by atoms with Crippen LogP contribution in [0.2, 0.25) is 0 Å². The van der Waals surface area contributed by atoms with Crippen LogP contribution in [-0.2, 0) is 6.42 Å². The maximum Gasteiger partial charge on any atom is 0.263 e. The fraction of sp³-hybridized carbons (Fsp3) is 0.476. The number of benzene rings is 1. The predicted octanol–water partition coefficient (Wildman–Crippen LogP) is 3.31. The van der Waals surface area contributed by atoms with Crippen LogP contribution in [0.3, 0.4) is 0 Å². The molecule has 0 radical (unpaired) electrons. The number of nitrogens with zero attached hydrogens (tertiary/aromatic N) is 2. The number of rotatable bonds is 8. The van der Waals surface area contributed by atoms with Crippen molar-refractivity contribution in [3.05, 3.63) is 51.5 Å². The Balaban J connectivity index is 1.77. The van der Waals surface area contributed by atoms with E-state index in [0.29, 0.717) is 29.8 Å². The summed E-state index contributed by atoms with van der Waals surface area (Å²) < 4.78 is 0. The Bertz CT molecular complexity index is 782. The minimum atomic E-state index is -0.0837.